The van der Waals surface area contributed by atoms with Gasteiger partial charge in [-0.05, 0) is 55.5 Å². The van der Waals surface area contributed by atoms with Gasteiger partial charge in [-0.15, -0.1) is 0 Å². The van der Waals surface area contributed by atoms with Crippen molar-refractivity contribution in [1.29, 1.82) is 5.26 Å². The highest BCUT2D eigenvalue weighted by atomic mass is 16.5. The molecule has 0 bridgehead atoms. The molecule has 2 fully saturated rings. The lowest BCUT2D eigenvalue weighted by Crippen LogP contribution is -2.42. The zero-order valence-corrected chi connectivity index (χ0v) is 19.5. The first-order valence-electron chi connectivity index (χ1n) is 11.9. The molecule has 0 saturated carbocycles. The van der Waals surface area contributed by atoms with Crippen LogP contribution in [0, 0.1) is 24.2 Å². The number of pyridine rings is 1. The molecular weight excluding hydrogens is 432 g/mol. The minimum absolute atomic E-state index is 0.275. The fourth-order valence-corrected chi connectivity index (χ4v) is 5.95. The number of aliphatic hydroxyl groups is 2. The summed E-state index contributed by atoms with van der Waals surface area (Å²) in [5.74, 6) is 0.204. The molecule has 3 aliphatic heterocycles. The minimum Gasteiger partial charge on any atom is -0.457 e. The van der Waals surface area contributed by atoms with Gasteiger partial charge in [0.2, 0.25) is 0 Å². The third kappa shape index (κ3) is 4.10. The zero-order chi connectivity index (χ0) is 24.0. The second-order valence-corrected chi connectivity index (χ2v) is 9.82. The molecule has 2 N–H and O–H groups in total. The highest BCUT2D eigenvalue weighted by Crippen LogP contribution is 2.38. The summed E-state index contributed by atoms with van der Waals surface area (Å²) in [5, 5.41) is 30.8. The van der Waals surface area contributed by atoms with E-state index in [1.54, 1.807) is 18.2 Å². The number of esters is 1. The first-order valence-corrected chi connectivity index (χ1v) is 11.9. The first-order chi connectivity index (χ1) is 16.4. The number of fused-ring (bicyclic) bond motifs is 2. The number of ether oxygens (including phenoxy) is 1. The molecule has 4 heterocycles. The van der Waals surface area contributed by atoms with Crippen LogP contribution in [0.15, 0.2) is 30.5 Å². The summed E-state index contributed by atoms with van der Waals surface area (Å²) in [4.78, 5) is 20.7. The van der Waals surface area contributed by atoms with Gasteiger partial charge < -0.3 is 14.9 Å². The lowest BCUT2D eigenvalue weighted by molar-refractivity contribution is 0.0534. The third-order valence-corrected chi connectivity index (χ3v) is 7.76. The van der Waals surface area contributed by atoms with E-state index in [4.69, 9.17) is 10.00 Å². The van der Waals surface area contributed by atoms with E-state index in [0.717, 1.165) is 36.2 Å². The molecule has 2 aromatic rings. The summed E-state index contributed by atoms with van der Waals surface area (Å²) < 4.78 is 5.16. The van der Waals surface area contributed by atoms with Gasteiger partial charge in [-0.1, -0.05) is 6.07 Å². The van der Waals surface area contributed by atoms with E-state index < -0.39 is 12.2 Å². The number of nitrogens with zero attached hydrogens (tertiary/aromatic N) is 4. The topological polar surface area (TPSA) is 110 Å². The van der Waals surface area contributed by atoms with Gasteiger partial charge in [0, 0.05) is 50.0 Å². The van der Waals surface area contributed by atoms with Crippen molar-refractivity contribution in [3.05, 3.63) is 64.0 Å². The van der Waals surface area contributed by atoms with E-state index >= 15 is 0 Å². The quantitative estimate of drug-likeness (QED) is 0.628. The van der Waals surface area contributed by atoms with Crippen LogP contribution in [-0.2, 0) is 11.3 Å². The Morgan fingerprint density at radius 1 is 1.21 bits per heavy atom. The number of likely N-dealkylation sites (tertiary alicyclic amines) is 2. The largest absolute Gasteiger partial charge is 0.457 e. The number of cyclic esters (lactones) is 1. The molecule has 1 aromatic heterocycles. The Hall–Kier alpha value is -2.83. The van der Waals surface area contributed by atoms with Crippen LogP contribution in [-0.4, -0.2) is 69.2 Å². The number of rotatable bonds is 6. The van der Waals surface area contributed by atoms with E-state index in [1.807, 2.05) is 19.1 Å². The molecule has 178 valence electrons. The van der Waals surface area contributed by atoms with Crippen LogP contribution in [0.25, 0.3) is 0 Å². The predicted octanol–water partition coefficient (Wildman–Crippen LogP) is 2.09. The van der Waals surface area contributed by atoms with Gasteiger partial charge in [0.1, 0.15) is 18.8 Å². The van der Waals surface area contributed by atoms with Crippen LogP contribution >= 0.6 is 0 Å². The van der Waals surface area contributed by atoms with Crippen molar-refractivity contribution < 1.29 is 19.7 Å². The summed E-state index contributed by atoms with van der Waals surface area (Å²) in [6.07, 6.45) is 1.20. The lowest BCUT2D eigenvalue weighted by atomic mass is 9.95. The molecule has 8 heteroatoms. The zero-order valence-electron chi connectivity index (χ0n) is 19.5. The third-order valence-electron chi connectivity index (χ3n) is 7.76. The number of β-amino-alcohol motifs (C(OH)–C–C–N with tert-alkyl or cyclic N) is 2. The van der Waals surface area contributed by atoms with Crippen molar-refractivity contribution in [3.8, 4) is 6.07 Å². The Bertz CT molecular complexity index is 1130. The number of benzene rings is 1. The van der Waals surface area contributed by atoms with Gasteiger partial charge >= 0.3 is 5.97 Å². The molecule has 5 unspecified atom stereocenters. The maximum Gasteiger partial charge on any atom is 0.338 e. The average molecular weight is 463 g/mol. The Balaban J connectivity index is 1.24. The molecule has 1 aromatic carbocycles. The number of aromatic nitrogens is 1. The van der Waals surface area contributed by atoms with Crippen molar-refractivity contribution in [3.63, 3.8) is 0 Å². The smallest absolute Gasteiger partial charge is 0.338 e. The van der Waals surface area contributed by atoms with E-state index in [9.17, 15) is 15.0 Å². The van der Waals surface area contributed by atoms with E-state index in [0.29, 0.717) is 47.9 Å². The lowest BCUT2D eigenvalue weighted by Gasteiger charge is -2.31. The van der Waals surface area contributed by atoms with Crippen molar-refractivity contribution in [2.75, 3.05) is 26.2 Å². The molecule has 5 atom stereocenters. The van der Waals surface area contributed by atoms with E-state index in [2.05, 4.69) is 21.7 Å². The van der Waals surface area contributed by atoms with Crippen LogP contribution < -0.4 is 0 Å². The summed E-state index contributed by atoms with van der Waals surface area (Å²) in [7, 11) is 0. The number of hydrogen-bond donors (Lipinski definition) is 2. The van der Waals surface area contributed by atoms with Gasteiger partial charge in [0.25, 0.3) is 0 Å². The van der Waals surface area contributed by atoms with Gasteiger partial charge in [-0.3, -0.25) is 14.8 Å². The van der Waals surface area contributed by atoms with Gasteiger partial charge in [0.15, 0.2) is 0 Å². The number of nitriles is 1. The Morgan fingerprint density at radius 3 is 2.76 bits per heavy atom. The average Bonchev–Trinajstić information content (AvgIpc) is 3.48. The molecule has 34 heavy (non-hydrogen) atoms. The highest BCUT2D eigenvalue weighted by Gasteiger charge is 2.45. The number of aliphatic hydroxyl groups excluding tert-OH is 2. The highest BCUT2D eigenvalue weighted by molar-refractivity contribution is 5.93. The Kier molecular flexibility index (Phi) is 6.13. The van der Waals surface area contributed by atoms with Gasteiger partial charge in [0.05, 0.1) is 22.9 Å². The van der Waals surface area contributed by atoms with Crippen LogP contribution in [0.1, 0.15) is 63.9 Å². The van der Waals surface area contributed by atoms with Crippen LogP contribution in [0.5, 0.6) is 0 Å². The SMILES string of the molecule is Cc1c(C(O)CN2C(C)CC3CN(CC(O)c4ccc(C#N)cn4)CC32)ccc2c1COC2=O. The molecule has 0 aliphatic carbocycles. The molecule has 0 radical (unpaired) electrons. The van der Waals surface area contributed by atoms with E-state index in [1.165, 1.54) is 6.20 Å². The van der Waals surface area contributed by atoms with Crippen molar-refractivity contribution >= 4 is 5.97 Å². The van der Waals surface area contributed by atoms with Crippen LogP contribution in [0.3, 0.4) is 0 Å². The maximum atomic E-state index is 11.8. The minimum atomic E-state index is -0.706. The number of carbonyl (C=O) groups excluding carboxylic acids is 1. The second-order valence-electron chi connectivity index (χ2n) is 9.82. The first kappa shape index (κ1) is 22.9. The number of carbonyl (C=O) groups is 1. The van der Waals surface area contributed by atoms with Crippen molar-refractivity contribution in [2.45, 2.75) is 51.2 Å². The fourth-order valence-electron chi connectivity index (χ4n) is 5.95. The standard InChI is InChI=1S/C26H30N4O4/c1-15-7-18-10-29(12-25(32)22-6-3-17(8-27)9-28-22)11-23(18)30(15)13-24(31)19-4-5-20-21(16(19)2)14-34-26(20)33/h3-6,9,15,18,23-25,31-32H,7,10-14H2,1-2H3. The molecule has 3 aliphatic rings. The maximum absolute atomic E-state index is 11.8. The molecule has 5 rings (SSSR count). The summed E-state index contributed by atoms with van der Waals surface area (Å²) in [5.41, 5.74) is 4.32. The second kappa shape index (κ2) is 9.08. The predicted molar refractivity (Wildman–Crippen MR) is 124 cm³/mol. The molecule has 8 nitrogen and oxygen atoms in total. The fraction of sp³-hybridized carbons (Fsp3) is 0.500. The van der Waals surface area contributed by atoms with Crippen molar-refractivity contribution in [2.24, 2.45) is 5.92 Å². The molecule has 0 spiro atoms. The number of hydrogen-bond acceptors (Lipinski definition) is 8. The van der Waals surface area contributed by atoms with Gasteiger partial charge in [-0.25, -0.2) is 4.79 Å². The van der Waals surface area contributed by atoms with Crippen LogP contribution in [0.4, 0.5) is 0 Å². The van der Waals surface area contributed by atoms with Crippen molar-refractivity contribution in [1.82, 2.24) is 14.8 Å². The summed E-state index contributed by atoms with van der Waals surface area (Å²) in [6, 6.07) is 9.75. The summed E-state index contributed by atoms with van der Waals surface area (Å²) >= 11 is 0. The summed E-state index contributed by atoms with van der Waals surface area (Å²) in [6.45, 7) is 7.21. The molecule has 0 amide bonds. The van der Waals surface area contributed by atoms with Gasteiger partial charge in [-0.2, -0.15) is 5.26 Å². The normalized spacial score (nSPS) is 26.1. The van der Waals surface area contributed by atoms with E-state index in [-0.39, 0.29) is 12.6 Å². The Labute approximate surface area is 199 Å². The molecular formula is C26H30N4O4. The Morgan fingerprint density at radius 2 is 2.03 bits per heavy atom. The monoisotopic (exact) mass is 462 g/mol. The molecule has 2 saturated heterocycles. The van der Waals surface area contributed by atoms with Crippen LogP contribution in [0.2, 0.25) is 0 Å².